The second-order valence-electron chi connectivity index (χ2n) is 5.01. The van der Waals surface area contributed by atoms with Gasteiger partial charge in [-0.15, -0.1) is 0 Å². The number of aryl methyl sites for hydroxylation is 2. The van der Waals surface area contributed by atoms with Gasteiger partial charge in [-0.1, -0.05) is 6.07 Å². The van der Waals surface area contributed by atoms with Gasteiger partial charge in [-0.05, 0) is 49.9 Å². The zero-order valence-corrected chi connectivity index (χ0v) is 10.5. The van der Waals surface area contributed by atoms with Crippen LogP contribution in [0, 0.1) is 6.92 Å². The third kappa shape index (κ3) is 1.84. The zero-order chi connectivity index (χ0) is 11.8. The summed E-state index contributed by atoms with van der Waals surface area (Å²) in [6, 6.07) is 6.74. The number of aromatic nitrogens is 2. The van der Waals surface area contributed by atoms with Crippen LogP contribution in [0.5, 0.6) is 0 Å². The summed E-state index contributed by atoms with van der Waals surface area (Å²) < 4.78 is 2.15. The van der Waals surface area contributed by atoms with E-state index in [0.717, 1.165) is 17.9 Å². The van der Waals surface area contributed by atoms with Crippen molar-refractivity contribution in [3.8, 4) is 0 Å². The highest BCUT2D eigenvalue weighted by Gasteiger charge is 2.16. The second-order valence-corrected chi connectivity index (χ2v) is 5.01. The quantitative estimate of drug-likeness (QED) is 0.813. The number of imidazole rings is 1. The molecule has 0 amide bonds. The topological polar surface area (TPSA) is 29.9 Å². The average Bonchev–Trinajstić information content (AvgIpc) is 2.66. The largest absolute Gasteiger partial charge is 0.331 e. The smallest absolute Gasteiger partial charge is 0.106 e. The molecule has 2 heterocycles. The molecule has 0 saturated carbocycles. The number of rotatable bonds is 1. The van der Waals surface area contributed by atoms with E-state index in [1.165, 1.54) is 30.5 Å². The van der Waals surface area contributed by atoms with Gasteiger partial charge in [0.05, 0.1) is 11.0 Å². The highest BCUT2D eigenvalue weighted by atomic mass is 15.0. The van der Waals surface area contributed by atoms with E-state index in [1.54, 1.807) is 0 Å². The minimum atomic E-state index is 0.662. The molecule has 0 radical (unpaired) electrons. The van der Waals surface area contributed by atoms with Gasteiger partial charge in [-0.25, -0.2) is 4.98 Å². The molecule has 2 aromatic rings. The lowest BCUT2D eigenvalue weighted by Crippen LogP contribution is -2.28. The molecule has 1 aliphatic heterocycles. The van der Waals surface area contributed by atoms with E-state index in [1.807, 2.05) is 0 Å². The summed E-state index contributed by atoms with van der Waals surface area (Å²) >= 11 is 0. The Kier molecular flexibility index (Phi) is 2.63. The minimum absolute atomic E-state index is 0.662. The Hall–Kier alpha value is -1.35. The number of nitrogens with zero attached hydrogens (tertiary/aromatic N) is 2. The average molecular weight is 229 g/mol. The van der Waals surface area contributed by atoms with E-state index in [4.69, 9.17) is 0 Å². The molecule has 0 spiro atoms. The van der Waals surface area contributed by atoms with E-state index in [-0.39, 0.29) is 0 Å². The van der Waals surface area contributed by atoms with Crippen molar-refractivity contribution in [2.24, 2.45) is 7.05 Å². The van der Waals surface area contributed by atoms with Gasteiger partial charge >= 0.3 is 0 Å². The van der Waals surface area contributed by atoms with Crippen molar-refractivity contribution in [1.29, 1.82) is 0 Å². The summed E-state index contributed by atoms with van der Waals surface area (Å²) in [4.78, 5) is 4.61. The van der Waals surface area contributed by atoms with Crippen LogP contribution in [0.25, 0.3) is 11.0 Å². The van der Waals surface area contributed by atoms with Crippen LogP contribution < -0.4 is 5.32 Å². The van der Waals surface area contributed by atoms with Crippen LogP contribution in [0.2, 0.25) is 0 Å². The Bertz CT molecular complexity index is 536. The predicted octanol–water partition coefficient (Wildman–Crippen LogP) is 2.35. The van der Waals surface area contributed by atoms with Crippen LogP contribution in [0.3, 0.4) is 0 Å². The van der Waals surface area contributed by atoms with Crippen molar-refractivity contribution < 1.29 is 0 Å². The van der Waals surface area contributed by atoms with E-state index in [0.29, 0.717) is 5.92 Å². The summed E-state index contributed by atoms with van der Waals surface area (Å²) in [5, 5.41) is 3.47. The van der Waals surface area contributed by atoms with Crippen molar-refractivity contribution in [1.82, 2.24) is 14.9 Å². The Morgan fingerprint density at radius 1 is 1.41 bits per heavy atom. The van der Waals surface area contributed by atoms with Crippen molar-refractivity contribution in [3.63, 3.8) is 0 Å². The molecule has 1 aromatic heterocycles. The normalized spacial score (nSPS) is 20.9. The number of hydrogen-bond donors (Lipinski definition) is 1. The molecule has 1 atom stereocenters. The molecule has 3 nitrogen and oxygen atoms in total. The van der Waals surface area contributed by atoms with Gasteiger partial charge in [0, 0.05) is 13.6 Å². The third-order valence-corrected chi connectivity index (χ3v) is 3.90. The van der Waals surface area contributed by atoms with Gasteiger partial charge in [0.15, 0.2) is 0 Å². The Morgan fingerprint density at radius 3 is 3.06 bits per heavy atom. The minimum Gasteiger partial charge on any atom is -0.331 e. The summed E-state index contributed by atoms with van der Waals surface area (Å²) in [5.41, 5.74) is 3.80. The van der Waals surface area contributed by atoms with Crippen molar-refractivity contribution >= 4 is 11.0 Å². The highest BCUT2D eigenvalue weighted by molar-refractivity contribution is 5.77. The van der Waals surface area contributed by atoms with Gasteiger partial charge in [-0.3, -0.25) is 0 Å². The van der Waals surface area contributed by atoms with Crippen LogP contribution in [0.4, 0.5) is 0 Å². The SMILES string of the molecule is Cc1nc2cc(C3CCCNC3)ccc2n1C. The lowest BCUT2D eigenvalue weighted by atomic mass is 9.91. The van der Waals surface area contributed by atoms with E-state index in [9.17, 15) is 0 Å². The molecule has 1 unspecified atom stereocenters. The summed E-state index contributed by atoms with van der Waals surface area (Å²) in [5.74, 6) is 1.74. The van der Waals surface area contributed by atoms with Crippen LogP contribution in [0.15, 0.2) is 18.2 Å². The van der Waals surface area contributed by atoms with Crippen molar-refractivity contribution in [2.45, 2.75) is 25.7 Å². The lowest BCUT2D eigenvalue weighted by molar-refractivity contribution is 0.462. The molecule has 1 aliphatic rings. The number of piperidine rings is 1. The fourth-order valence-electron chi connectivity index (χ4n) is 2.73. The first-order valence-electron chi connectivity index (χ1n) is 6.39. The molecule has 17 heavy (non-hydrogen) atoms. The van der Waals surface area contributed by atoms with E-state index < -0.39 is 0 Å². The number of benzene rings is 1. The first-order valence-corrected chi connectivity index (χ1v) is 6.39. The molecule has 1 N–H and O–H groups in total. The fourth-order valence-corrected chi connectivity index (χ4v) is 2.73. The highest BCUT2D eigenvalue weighted by Crippen LogP contribution is 2.26. The van der Waals surface area contributed by atoms with Gasteiger partial charge in [-0.2, -0.15) is 0 Å². The monoisotopic (exact) mass is 229 g/mol. The first-order chi connectivity index (χ1) is 8.25. The third-order valence-electron chi connectivity index (χ3n) is 3.90. The van der Waals surface area contributed by atoms with Gasteiger partial charge in [0.2, 0.25) is 0 Å². The maximum atomic E-state index is 4.61. The van der Waals surface area contributed by atoms with Crippen LogP contribution >= 0.6 is 0 Å². The second kappa shape index (κ2) is 4.15. The zero-order valence-electron chi connectivity index (χ0n) is 10.5. The molecule has 90 valence electrons. The fraction of sp³-hybridized carbons (Fsp3) is 0.500. The van der Waals surface area contributed by atoms with Gasteiger partial charge in [0.25, 0.3) is 0 Å². The number of hydrogen-bond acceptors (Lipinski definition) is 2. The molecule has 3 heteroatoms. The van der Waals surface area contributed by atoms with Crippen LogP contribution in [-0.4, -0.2) is 22.6 Å². The molecule has 0 bridgehead atoms. The summed E-state index contributed by atoms with van der Waals surface area (Å²) in [6.45, 7) is 4.33. The summed E-state index contributed by atoms with van der Waals surface area (Å²) in [7, 11) is 2.08. The molecule has 1 saturated heterocycles. The maximum absolute atomic E-state index is 4.61. The van der Waals surface area contributed by atoms with Crippen molar-refractivity contribution in [3.05, 3.63) is 29.6 Å². The molecule has 1 fully saturated rings. The Morgan fingerprint density at radius 2 is 2.29 bits per heavy atom. The van der Waals surface area contributed by atoms with Gasteiger partial charge < -0.3 is 9.88 Å². The molecule has 0 aliphatic carbocycles. The Balaban J connectivity index is 2.01. The maximum Gasteiger partial charge on any atom is 0.106 e. The summed E-state index contributed by atoms with van der Waals surface area (Å²) in [6.07, 6.45) is 2.58. The standard InChI is InChI=1S/C14H19N3/c1-10-16-13-8-11(5-6-14(13)17(10)2)12-4-3-7-15-9-12/h5-6,8,12,15H,3-4,7,9H2,1-2H3. The molecule has 3 rings (SSSR count). The predicted molar refractivity (Wildman–Crippen MR) is 70.3 cm³/mol. The Labute approximate surface area is 102 Å². The molecule has 1 aromatic carbocycles. The van der Waals surface area contributed by atoms with Gasteiger partial charge in [0.1, 0.15) is 5.82 Å². The van der Waals surface area contributed by atoms with Crippen LogP contribution in [0.1, 0.15) is 30.1 Å². The lowest BCUT2D eigenvalue weighted by Gasteiger charge is -2.23. The first kappa shape index (κ1) is 10.8. The molecular weight excluding hydrogens is 210 g/mol. The van der Waals surface area contributed by atoms with E-state index in [2.05, 4.69) is 47.0 Å². The number of nitrogens with one attached hydrogen (secondary N) is 1. The number of fused-ring (bicyclic) bond motifs is 1. The molecular formula is C14H19N3. The van der Waals surface area contributed by atoms with Crippen molar-refractivity contribution in [2.75, 3.05) is 13.1 Å². The van der Waals surface area contributed by atoms with Crippen LogP contribution in [-0.2, 0) is 7.05 Å². The van der Waals surface area contributed by atoms with E-state index >= 15 is 0 Å².